The van der Waals surface area contributed by atoms with Gasteiger partial charge < -0.3 is 15.6 Å². The van der Waals surface area contributed by atoms with Gasteiger partial charge in [0.25, 0.3) is 0 Å². The standard InChI is InChI=1S/C21H27N5/c1-20(2)11-14(12-21(3,4)26-20)24-19-22-10-9-18(25-19)16-13-23-17-8-6-5-7-15(16)17/h5-10,13-14,23,26H,11-12H2,1-4H3,(H,22,24,25). The molecule has 0 aliphatic carbocycles. The highest BCUT2D eigenvalue weighted by molar-refractivity contribution is 5.94. The highest BCUT2D eigenvalue weighted by atomic mass is 15.1. The van der Waals surface area contributed by atoms with Crippen molar-refractivity contribution in [2.24, 2.45) is 0 Å². The maximum Gasteiger partial charge on any atom is 0.223 e. The van der Waals surface area contributed by atoms with Crippen LogP contribution in [-0.2, 0) is 0 Å². The van der Waals surface area contributed by atoms with Crippen LogP contribution in [0, 0.1) is 0 Å². The van der Waals surface area contributed by atoms with E-state index in [2.05, 4.69) is 66.5 Å². The Labute approximate surface area is 154 Å². The van der Waals surface area contributed by atoms with E-state index < -0.39 is 0 Å². The molecule has 5 heteroatoms. The molecule has 1 aliphatic rings. The van der Waals surface area contributed by atoms with E-state index in [-0.39, 0.29) is 11.1 Å². The van der Waals surface area contributed by atoms with Crippen molar-refractivity contribution in [2.45, 2.75) is 57.7 Å². The van der Waals surface area contributed by atoms with Gasteiger partial charge in [0.2, 0.25) is 5.95 Å². The molecule has 3 aromatic rings. The molecule has 2 aromatic heterocycles. The van der Waals surface area contributed by atoms with E-state index in [0.29, 0.717) is 12.0 Å². The van der Waals surface area contributed by atoms with E-state index >= 15 is 0 Å². The van der Waals surface area contributed by atoms with Crippen LogP contribution < -0.4 is 10.6 Å². The Hall–Kier alpha value is -2.40. The van der Waals surface area contributed by atoms with Crippen molar-refractivity contribution in [1.29, 1.82) is 0 Å². The van der Waals surface area contributed by atoms with E-state index in [9.17, 15) is 0 Å². The molecule has 0 saturated carbocycles. The largest absolute Gasteiger partial charge is 0.360 e. The number of fused-ring (bicyclic) bond motifs is 1. The summed E-state index contributed by atoms with van der Waals surface area (Å²) < 4.78 is 0. The summed E-state index contributed by atoms with van der Waals surface area (Å²) in [6.07, 6.45) is 5.94. The lowest BCUT2D eigenvalue weighted by Gasteiger charge is -2.46. The fourth-order valence-electron chi connectivity index (χ4n) is 4.47. The minimum absolute atomic E-state index is 0.0911. The maximum atomic E-state index is 4.79. The van der Waals surface area contributed by atoms with Crippen molar-refractivity contribution in [2.75, 3.05) is 5.32 Å². The number of piperidine rings is 1. The van der Waals surface area contributed by atoms with Gasteiger partial charge >= 0.3 is 0 Å². The zero-order chi connectivity index (χ0) is 18.4. The third-order valence-electron chi connectivity index (χ3n) is 5.04. The normalized spacial score (nSPS) is 19.5. The fraction of sp³-hybridized carbons (Fsp3) is 0.429. The zero-order valence-electron chi connectivity index (χ0n) is 15.9. The van der Waals surface area contributed by atoms with Gasteiger partial charge in [-0.3, -0.25) is 0 Å². The Balaban J connectivity index is 1.60. The van der Waals surface area contributed by atoms with Crippen molar-refractivity contribution >= 4 is 16.9 Å². The Bertz CT molecular complexity index is 909. The van der Waals surface area contributed by atoms with Gasteiger partial charge in [0.1, 0.15) is 0 Å². The first kappa shape index (κ1) is 17.0. The van der Waals surface area contributed by atoms with Crippen LogP contribution in [0.3, 0.4) is 0 Å². The second-order valence-electron chi connectivity index (χ2n) is 8.66. The zero-order valence-corrected chi connectivity index (χ0v) is 15.9. The quantitative estimate of drug-likeness (QED) is 0.658. The van der Waals surface area contributed by atoms with Crippen LogP contribution >= 0.6 is 0 Å². The summed E-state index contributed by atoms with van der Waals surface area (Å²) in [6, 6.07) is 10.6. The van der Waals surface area contributed by atoms with Crippen molar-refractivity contribution < 1.29 is 0 Å². The molecule has 1 saturated heterocycles. The van der Waals surface area contributed by atoms with Crippen molar-refractivity contribution in [3.63, 3.8) is 0 Å². The van der Waals surface area contributed by atoms with Crippen molar-refractivity contribution in [1.82, 2.24) is 20.3 Å². The molecule has 0 unspecified atom stereocenters. The van der Waals surface area contributed by atoms with E-state index in [1.807, 2.05) is 24.5 Å². The van der Waals surface area contributed by atoms with Gasteiger partial charge in [-0.05, 0) is 52.7 Å². The van der Waals surface area contributed by atoms with Gasteiger partial charge in [0, 0.05) is 46.0 Å². The topological polar surface area (TPSA) is 65.6 Å². The Kier molecular flexibility index (Phi) is 3.99. The third-order valence-corrected chi connectivity index (χ3v) is 5.04. The summed E-state index contributed by atoms with van der Waals surface area (Å²) in [6.45, 7) is 9.02. The summed E-state index contributed by atoms with van der Waals surface area (Å²) in [4.78, 5) is 12.6. The number of para-hydroxylation sites is 1. The van der Waals surface area contributed by atoms with Crippen LogP contribution in [0.15, 0.2) is 42.7 Å². The Morgan fingerprint density at radius 2 is 1.77 bits per heavy atom. The van der Waals surface area contributed by atoms with Gasteiger partial charge in [-0.2, -0.15) is 0 Å². The minimum Gasteiger partial charge on any atom is -0.360 e. The number of nitrogens with one attached hydrogen (secondary N) is 3. The highest BCUT2D eigenvalue weighted by Gasteiger charge is 2.37. The van der Waals surface area contributed by atoms with Gasteiger partial charge in [-0.25, -0.2) is 9.97 Å². The summed E-state index contributed by atoms with van der Waals surface area (Å²) in [5, 5.41) is 8.47. The number of H-pyrrole nitrogens is 1. The molecule has 1 fully saturated rings. The number of aromatic amines is 1. The first-order valence-corrected chi connectivity index (χ1v) is 9.27. The molecule has 4 rings (SSSR count). The van der Waals surface area contributed by atoms with Crippen LogP contribution in [-0.4, -0.2) is 32.1 Å². The molecule has 5 nitrogen and oxygen atoms in total. The predicted molar refractivity (Wildman–Crippen MR) is 107 cm³/mol. The second-order valence-corrected chi connectivity index (χ2v) is 8.66. The van der Waals surface area contributed by atoms with Gasteiger partial charge in [0.05, 0.1) is 5.69 Å². The molecular weight excluding hydrogens is 322 g/mol. The van der Waals surface area contributed by atoms with Gasteiger partial charge in [-0.1, -0.05) is 18.2 Å². The number of rotatable bonds is 3. The maximum absolute atomic E-state index is 4.79. The number of hydrogen-bond donors (Lipinski definition) is 3. The average Bonchev–Trinajstić information content (AvgIpc) is 2.96. The molecule has 0 bridgehead atoms. The summed E-state index contributed by atoms with van der Waals surface area (Å²) in [7, 11) is 0. The number of nitrogens with zero attached hydrogens (tertiary/aromatic N) is 2. The number of aromatic nitrogens is 3. The number of hydrogen-bond acceptors (Lipinski definition) is 4. The monoisotopic (exact) mass is 349 g/mol. The number of anilines is 1. The fourth-order valence-corrected chi connectivity index (χ4v) is 4.47. The van der Waals surface area contributed by atoms with Gasteiger partial charge in [0.15, 0.2) is 0 Å². The molecule has 0 atom stereocenters. The number of benzene rings is 1. The van der Waals surface area contributed by atoms with Crippen LogP contribution in [0.5, 0.6) is 0 Å². The van der Waals surface area contributed by atoms with Crippen LogP contribution in [0.2, 0.25) is 0 Å². The van der Waals surface area contributed by atoms with Crippen LogP contribution in [0.1, 0.15) is 40.5 Å². The van der Waals surface area contributed by atoms with Crippen LogP contribution in [0.4, 0.5) is 5.95 Å². The molecular formula is C21H27N5. The van der Waals surface area contributed by atoms with E-state index in [1.54, 1.807) is 0 Å². The van der Waals surface area contributed by atoms with Crippen molar-refractivity contribution in [3.05, 3.63) is 42.7 Å². The second kappa shape index (κ2) is 6.09. The lowest BCUT2D eigenvalue weighted by atomic mass is 9.80. The smallest absolute Gasteiger partial charge is 0.223 e. The average molecular weight is 349 g/mol. The first-order valence-electron chi connectivity index (χ1n) is 9.27. The SMILES string of the molecule is CC1(C)CC(Nc2nccc(-c3c[nH]c4ccccc34)n2)CC(C)(C)N1. The Morgan fingerprint density at radius 3 is 2.54 bits per heavy atom. The molecule has 1 aromatic carbocycles. The Morgan fingerprint density at radius 1 is 1.04 bits per heavy atom. The first-order chi connectivity index (χ1) is 12.3. The summed E-state index contributed by atoms with van der Waals surface area (Å²) in [5.74, 6) is 0.700. The van der Waals surface area contributed by atoms with E-state index in [1.165, 1.54) is 5.39 Å². The molecule has 0 amide bonds. The molecule has 3 heterocycles. The molecule has 136 valence electrons. The predicted octanol–water partition coefficient (Wildman–Crippen LogP) is 4.35. The minimum atomic E-state index is 0.0911. The van der Waals surface area contributed by atoms with Gasteiger partial charge in [-0.15, -0.1) is 0 Å². The van der Waals surface area contributed by atoms with Crippen molar-refractivity contribution in [3.8, 4) is 11.3 Å². The summed E-state index contributed by atoms with van der Waals surface area (Å²) in [5.41, 5.74) is 3.35. The highest BCUT2D eigenvalue weighted by Crippen LogP contribution is 2.31. The molecule has 26 heavy (non-hydrogen) atoms. The van der Waals surface area contributed by atoms with E-state index in [4.69, 9.17) is 4.98 Å². The third kappa shape index (κ3) is 3.44. The molecule has 1 aliphatic heterocycles. The molecule has 0 spiro atoms. The lowest BCUT2D eigenvalue weighted by molar-refractivity contribution is 0.170. The lowest BCUT2D eigenvalue weighted by Crippen LogP contribution is -2.60. The van der Waals surface area contributed by atoms with E-state index in [0.717, 1.165) is 29.6 Å². The summed E-state index contributed by atoms with van der Waals surface area (Å²) >= 11 is 0. The molecule has 3 N–H and O–H groups in total. The van der Waals surface area contributed by atoms with Crippen LogP contribution in [0.25, 0.3) is 22.2 Å². The molecule has 0 radical (unpaired) electrons.